The molecule has 2 aromatic heterocycles. The van der Waals surface area contributed by atoms with E-state index in [9.17, 15) is 4.79 Å². The fourth-order valence-electron chi connectivity index (χ4n) is 3.31. The zero-order valence-corrected chi connectivity index (χ0v) is 17.7. The van der Waals surface area contributed by atoms with Crippen LogP contribution in [-0.2, 0) is 4.74 Å². The van der Waals surface area contributed by atoms with Crippen LogP contribution in [0.25, 0.3) is 11.3 Å². The highest BCUT2D eigenvalue weighted by atomic mass is 32.1. The molecule has 1 amide bonds. The van der Waals surface area contributed by atoms with E-state index in [1.165, 1.54) is 11.3 Å². The summed E-state index contributed by atoms with van der Waals surface area (Å²) in [4.78, 5) is 20.4. The molecule has 30 heavy (non-hydrogen) atoms. The van der Waals surface area contributed by atoms with Crippen LogP contribution in [-0.4, -0.2) is 51.4 Å². The lowest BCUT2D eigenvalue weighted by atomic mass is 10.1. The van der Waals surface area contributed by atoms with Crippen molar-refractivity contribution in [2.24, 2.45) is 0 Å². The third-order valence-electron chi connectivity index (χ3n) is 4.82. The van der Waals surface area contributed by atoms with E-state index >= 15 is 0 Å². The van der Waals surface area contributed by atoms with Gasteiger partial charge in [-0.15, -0.1) is 11.3 Å². The van der Waals surface area contributed by atoms with Crippen LogP contribution >= 0.6 is 11.3 Å². The quantitative estimate of drug-likeness (QED) is 0.645. The summed E-state index contributed by atoms with van der Waals surface area (Å²) in [5, 5.41) is 3.99. The Kier molecular flexibility index (Phi) is 6.15. The minimum Gasteiger partial charge on any atom is -0.493 e. The van der Waals surface area contributed by atoms with Crippen molar-refractivity contribution in [3.8, 4) is 22.8 Å². The van der Waals surface area contributed by atoms with E-state index in [0.29, 0.717) is 35.3 Å². The number of nitrogens with one attached hydrogen (secondary N) is 1. The smallest absolute Gasteiger partial charge is 0.265 e. The SMILES string of the molecule is COc1ccc(NC(=O)c2cc(-c3ccccn3)c(N3CCOCC3)s2)cc1OC. The normalized spacial score (nSPS) is 13.7. The Morgan fingerprint density at radius 3 is 2.60 bits per heavy atom. The van der Waals surface area contributed by atoms with Gasteiger partial charge in [-0.3, -0.25) is 9.78 Å². The molecule has 0 aliphatic carbocycles. The van der Waals surface area contributed by atoms with Gasteiger partial charge in [0.25, 0.3) is 5.91 Å². The standard InChI is InChI=1S/C22H23N3O4S/c1-27-18-7-6-15(13-19(18)28-2)24-21(26)20-14-16(17-5-3-4-8-23-17)22(30-20)25-9-11-29-12-10-25/h3-8,13-14H,9-12H2,1-2H3,(H,24,26). The van der Waals surface area contributed by atoms with Crippen molar-refractivity contribution in [2.75, 3.05) is 50.7 Å². The molecule has 0 saturated carbocycles. The van der Waals surface area contributed by atoms with E-state index in [0.717, 1.165) is 29.3 Å². The van der Waals surface area contributed by atoms with Gasteiger partial charge < -0.3 is 24.4 Å². The van der Waals surface area contributed by atoms with Gasteiger partial charge in [-0.2, -0.15) is 0 Å². The van der Waals surface area contributed by atoms with E-state index in [1.807, 2.05) is 24.3 Å². The number of carbonyl (C=O) groups excluding carboxylic acids is 1. The van der Waals surface area contributed by atoms with Crippen LogP contribution < -0.4 is 19.7 Å². The lowest BCUT2D eigenvalue weighted by Crippen LogP contribution is -2.35. The average molecular weight is 426 g/mol. The minimum atomic E-state index is -0.177. The number of pyridine rings is 1. The molecule has 3 heterocycles. The highest BCUT2D eigenvalue weighted by molar-refractivity contribution is 7.18. The molecule has 1 N–H and O–H groups in total. The molecule has 0 unspecified atom stereocenters. The van der Waals surface area contributed by atoms with Crippen molar-refractivity contribution in [1.29, 1.82) is 0 Å². The summed E-state index contributed by atoms with van der Waals surface area (Å²) in [6.07, 6.45) is 1.76. The molecule has 0 radical (unpaired) electrons. The van der Waals surface area contributed by atoms with Crippen molar-refractivity contribution in [3.63, 3.8) is 0 Å². The summed E-state index contributed by atoms with van der Waals surface area (Å²) in [5.74, 6) is 0.993. The van der Waals surface area contributed by atoms with Crippen molar-refractivity contribution < 1.29 is 19.0 Å². The number of benzene rings is 1. The number of rotatable bonds is 6. The summed E-state index contributed by atoms with van der Waals surface area (Å²) >= 11 is 1.47. The maximum absolute atomic E-state index is 13.0. The van der Waals surface area contributed by atoms with Crippen molar-refractivity contribution in [3.05, 3.63) is 53.5 Å². The van der Waals surface area contributed by atoms with Crippen LogP contribution in [0.2, 0.25) is 0 Å². The largest absolute Gasteiger partial charge is 0.493 e. The molecule has 1 aliphatic heterocycles. The van der Waals surface area contributed by atoms with Crippen LogP contribution in [0.5, 0.6) is 11.5 Å². The topological polar surface area (TPSA) is 72.9 Å². The van der Waals surface area contributed by atoms with Gasteiger partial charge in [-0.25, -0.2) is 0 Å². The van der Waals surface area contributed by atoms with Gasteiger partial charge in [0.2, 0.25) is 0 Å². The van der Waals surface area contributed by atoms with Crippen LogP contribution in [0.1, 0.15) is 9.67 Å². The minimum absolute atomic E-state index is 0.177. The molecular formula is C22H23N3O4S. The molecule has 1 aliphatic rings. The third-order valence-corrected chi connectivity index (χ3v) is 6.01. The maximum Gasteiger partial charge on any atom is 0.265 e. The summed E-state index contributed by atoms with van der Waals surface area (Å²) in [7, 11) is 3.14. The Bertz CT molecular complexity index is 1020. The summed E-state index contributed by atoms with van der Waals surface area (Å²) in [5.41, 5.74) is 2.44. The molecule has 0 atom stereocenters. The van der Waals surface area contributed by atoms with Crippen LogP contribution in [0.4, 0.5) is 10.7 Å². The number of nitrogens with zero attached hydrogens (tertiary/aromatic N) is 2. The number of morpholine rings is 1. The molecule has 4 rings (SSSR count). The molecule has 3 aromatic rings. The predicted octanol–water partition coefficient (Wildman–Crippen LogP) is 3.92. The number of thiophene rings is 1. The number of ether oxygens (including phenoxy) is 3. The van der Waals surface area contributed by atoms with Gasteiger partial charge in [-0.05, 0) is 30.3 Å². The molecule has 1 fully saturated rings. The Morgan fingerprint density at radius 2 is 1.90 bits per heavy atom. The Labute approximate surface area is 179 Å². The molecule has 0 bridgehead atoms. The maximum atomic E-state index is 13.0. The third kappa shape index (κ3) is 4.24. The van der Waals surface area contributed by atoms with Crippen molar-refractivity contribution >= 4 is 27.9 Å². The highest BCUT2D eigenvalue weighted by Crippen LogP contribution is 2.39. The first-order chi connectivity index (χ1) is 14.7. The number of methoxy groups -OCH3 is 2. The molecule has 8 heteroatoms. The monoisotopic (exact) mass is 425 g/mol. The second-order valence-corrected chi connectivity index (χ2v) is 7.70. The van der Waals surface area contributed by atoms with E-state index in [-0.39, 0.29) is 5.91 Å². The fourth-order valence-corrected chi connectivity index (χ4v) is 4.42. The lowest BCUT2D eigenvalue weighted by Gasteiger charge is -2.28. The van der Waals surface area contributed by atoms with Crippen LogP contribution in [0, 0.1) is 0 Å². The lowest BCUT2D eigenvalue weighted by molar-refractivity contribution is 0.103. The van der Waals surface area contributed by atoms with Crippen LogP contribution in [0.3, 0.4) is 0 Å². The average Bonchev–Trinajstić information content (AvgIpc) is 3.26. The highest BCUT2D eigenvalue weighted by Gasteiger charge is 2.22. The molecule has 1 aromatic carbocycles. The summed E-state index contributed by atoms with van der Waals surface area (Å²) in [6.45, 7) is 2.92. The first-order valence-electron chi connectivity index (χ1n) is 9.61. The van der Waals surface area contributed by atoms with E-state index in [2.05, 4.69) is 15.2 Å². The number of hydrogen-bond acceptors (Lipinski definition) is 7. The number of carbonyl (C=O) groups is 1. The summed E-state index contributed by atoms with van der Waals surface area (Å²) in [6, 6.07) is 13.0. The fraction of sp³-hybridized carbons (Fsp3) is 0.273. The summed E-state index contributed by atoms with van der Waals surface area (Å²) < 4.78 is 16.1. The van der Waals surface area contributed by atoms with Crippen LogP contribution in [0.15, 0.2) is 48.7 Å². The van der Waals surface area contributed by atoms with Gasteiger partial charge in [0.15, 0.2) is 11.5 Å². The zero-order valence-electron chi connectivity index (χ0n) is 16.9. The first kappa shape index (κ1) is 20.2. The van der Waals surface area contributed by atoms with Crippen molar-refractivity contribution in [1.82, 2.24) is 4.98 Å². The Hall–Kier alpha value is -3.10. The Balaban J connectivity index is 1.63. The Morgan fingerprint density at radius 1 is 1.10 bits per heavy atom. The molecule has 156 valence electrons. The molecular weight excluding hydrogens is 402 g/mol. The van der Waals surface area contributed by atoms with Crippen molar-refractivity contribution in [2.45, 2.75) is 0 Å². The molecule has 7 nitrogen and oxygen atoms in total. The van der Waals surface area contributed by atoms with Gasteiger partial charge in [0, 0.05) is 36.6 Å². The second-order valence-electron chi connectivity index (χ2n) is 6.67. The predicted molar refractivity (Wildman–Crippen MR) is 118 cm³/mol. The van der Waals surface area contributed by atoms with Gasteiger partial charge >= 0.3 is 0 Å². The number of hydrogen-bond donors (Lipinski definition) is 1. The molecule has 0 spiro atoms. The number of anilines is 2. The van der Waals surface area contributed by atoms with E-state index in [1.54, 1.807) is 38.6 Å². The van der Waals surface area contributed by atoms with Gasteiger partial charge in [0.1, 0.15) is 5.00 Å². The van der Waals surface area contributed by atoms with E-state index in [4.69, 9.17) is 14.2 Å². The number of aromatic nitrogens is 1. The van der Waals surface area contributed by atoms with E-state index < -0.39 is 0 Å². The zero-order chi connectivity index (χ0) is 20.9. The second kappa shape index (κ2) is 9.15. The van der Waals surface area contributed by atoms with Gasteiger partial charge in [-0.1, -0.05) is 6.07 Å². The van der Waals surface area contributed by atoms with Gasteiger partial charge in [0.05, 0.1) is 38.0 Å². The molecule has 1 saturated heterocycles. The number of amides is 1. The first-order valence-corrected chi connectivity index (χ1v) is 10.4.